The van der Waals surface area contributed by atoms with Crippen molar-refractivity contribution in [2.45, 2.75) is 25.0 Å². The van der Waals surface area contributed by atoms with Crippen LogP contribution in [0.4, 0.5) is 0 Å². The van der Waals surface area contributed by atoms with Crippen molar-refractivity contribution in [1.29, 1.82) is 0 Å². The molecule has 0 aliphatic carbocycles. The van der Waals surface area contributed by atoms with Crippen LogP contribution < -0.4 is 10.6 Å². The number of amides is 1. The summed E-state index contributed by atoms with van der Waals surface area (Å²) >= 11 is 0. The number of fused-ring (bicyclic) bond motifs is 1. The first-order valence-corrected chi connectivity index (χ1v) is 6.67. The lowest BCUT2D eigenvalue weighted by molar-refractivity contribution is -0.127. The molecule has 3 saturated heterocycles. The molecule has 0 aromatic heterocycles. The minimum atomic E-state index is 0.177. The van der Waals surface area contributed by atoms with Gasteiger partial charge in [0.05, 0.1) is 18.6 Å². The molecular formula is C12H21N3O2. The summed E-state index contributed by atoms with van der Waals surface area (Å²) in [6, 6.07) is 0.637. The van der Waals surface area contributed by atoms with E-state index in [1.165, 1.54) is 19.4 Å². The molecule has 0 bridgehead atoms. The molecule has 1 amide bonds. The number of hydrogen-bond donors (Lipinski definition) is 2. The Morgan fingerprint density at radius 3 is 3.12 bits per heavy atom. The van der Waals surface area contributed by atoms with Crippen molar-refractivity contribution < 1.29 is 9.53 Å². The maximum atomic E-state index is 11.7. The van der Waals surface area contributed by atoms with Crippen LogP contribution in [0.3, 0.4) is 0 Å². The first-order valence-electron chi connectivity index (χ1n) is 6.67. The second-order valence-corrected chi connectivity index (χ2v) is 5.35. The molecule has 2 unspecified atom stereocenters. The fraction of sp³-hybridized carbons (Fsp3) is 0.917. The maximum Gasteiger partial charge on any atom is 0.225 e. The quantitative estimate of drug-likeness (QED) is 0.676. The van der Waals surface area contributed by atoms with Gasteiger partial charge < -0.3 is 15.4 Å². The fourth-order valence-electron chi connectivity index (χ4n) is 2.84. The van der Waals surface area contributed by atoms with Gasteiger partial charge in [0, 0.05) is 32.2 Å². The molecule has 3 aliphatic heterocycles. The first-order chi connectivity index (χ1) is 8.33. The zero-order valence-electron chi connectivity index (χ0n) is 10.2. The average molecular weight is 239 g/mol. The highest BCUT2D eigenvalue weighted by Crippen LogP contribution is 2.22. The second-order valence-electron chi connectivity index (χ2n) is 5.35. The Morgan fingerprint density at radius 2 is 2.35 bits per heavy atom. The molecule has 0 aromatic rings. The number of rotatable bonds is 3. The normalized spacial score (nSPS) is 34.1. The smallest absolute Gasteiger partial charge is 0.225 e. The summed E-state index contributed by atoms with van der Waals surface area (Å²) in [5.74, 6) is 0.356. The van der Waals surface area contributed by atoms with E-state index in [4.69, 9.17) is 4.74 Å². The Balaban J connectivity index is 1.41. The predicted octanol–water partition coefficient (Wildman–Crippen LogP) is -0.815. The van der Waals surface area contributed by atoms with Gasteiger partial charge in [-0.1, -0.05) is 0 Å². The van der Waals surface area contributed by atoms with Crippen LogP contribution in [0.25, 0.3) is 0 Å². The molecule has 5 heteroatoms. The molecule has 5 nitrogen and oxygen atoms in total. The highest BCUT2D eigenvalue weighted by Gasteiger charge is 2.32. The van der Waals surface area contributed by atoms with Crippen LogP contribution in [0.5, 0.6) is 0 Å². The van der Waals surface area contributed by atoms with Crippen molar-refractivity contribution >= 4 is 5.91 Å². The first kappa shape index (κ1) is 11.4. The number of carbonyl (C=O) groups is 1. The van der Waals surface area contributed by atoms with E-state index >= 15 is 0 Å². The van der Waals surface area contributed by atoms with E-state index in [0.717, 1.165) is 26.2 Å². The summed E-state index contributed by atoms with van der Waals surface area (Å²) < 4.78 is 5.80. The summed E-state index contributed by atoms with van der Waals surface area (Å²) in [4.78, 5) is 14.2. The van der Waals surface area contributed by atoms with Gasteiger partial charge >= 0.3 is 0 Å². The van der Waals surface area contributed by atoms with Gasteiger partial charge in [0.1, 0.15) is 0 Å². The lowest BCUT2D eigenvalue weighted by atomic mass is 10.0. The van der Waals surface area contributed by atoms with E-state index in [9.17, 15) is 4.79 Å². The van der Waals surface area contributed by atoms with Crippen molar-refractivity contribution in [3.05, 3.63) is 0 Å². The molecule has 0 radical (unpaired) electrons. The highest BCUT2D eigenvalue weighted by atomic mass is 16.5. The third-order valence-electron chi connectivity index (χ3n) is 4.12. The minimum absolute atomic E-state index is 0.177. The third kappa shape index (κ3) is 2.46. The van der Waals surface area contributed by atoms with Crippen molar-refractivity contribution in [2.24, 2.45) is 5.92 Å². The summed E-state index contributed by atoms with van der Waals surface area (Å²) in [7, 11) is 0. The molecule has 3 rings (SSSR count). The molecule has 0 aromatic carbocycles. The molecular weight excluding hydrogens is 218 g/mol. The number of nitrogens with zero attached hydrogens (tertiary/aromatic N) is 1. The average Bonchev–Trinajstić information content (AvgIpc) is 2.71. The summed E-state index contributed by atoms with van der Waals surface area (Å²) in [5.41, 5.74) is 0. The van der Waals surface area contributed by atoms with E-state index in [1.807, 2.05) is 0 Å². The minimum Gasteiger partial charge on any atom is -0.373 e. The Bertz CT molecular complexity index is 293. The largest absolute Gasteiger partial charge is 0.373 e. The van der Waals surface area contributed by atoms with Gasteiger partial charge in [0.2, 0.25) is 5.91 Å². The number of carbonyl (C=O) groups excluding carboxylic acids is 1. The predicted molar refractivity (Wildman–Crippen MR) is 63.7 cm³/mol. The van der Waals surface area contributed by atoms with E-state index in [0.29, 0.717) is 12.6 Å². The Hall–Kier alpha value is -0.650. The maximum absolute atomic E-state index is 11.7. The van der Waals surface area contributed by atoms with Gasteiger partial charge in [-0.3, -0.25) is 9.69 Å². The molecule has 2 N–H and O–H groups in total. The molecule has 3 fully saturated rings. The lowest BCUT2D eigenvalue weighted by Crippen LogP contribution is -2.54. The van der Waals surface area contributed by atoms with Crippen LogP contribution in [0.1, 0.15) is 12.8 Å². The number of ether oxygens (including phenoxy) is 1. The van der Waals surface area contributed by atoms with Gasteiger partial charge in [-0.2, -0.15) is 0 Å². The van der Waals surface area contributed by atoms with Crippen LogP contribution in [0.15, 0.2) is 0 Å². The van der Waals surface area contributed by atoms with Crippen LogP contribution in [-0.2, 0) is 9.53 Å². The second kappa shape index (κ2) is 4.92. The molecule has 17 heavy (non-hydrogen) atoms. The van der Waals surface area contributed by atoms with Gasteiger partial charge in [0.15, 0.2) is 0 Å². The van der Waals surface area contributed by atoms with E-state index in [-0.39, 0.29) is 17.9 Å². The van der Waals surface area contributed by atoms with Crippen LogP contribution in [0.2, 0.25) is 0 Å². The van der Waals surface area contributed by atoms with Crippen LogP contribution >= 0.6 is 0 Å². The fourth-order valence-corrected chi connectivity index (χ4v) is 2.84. The summed E-state index contributed by atoms with van der Waals surface area (Å²) in [6.45, 7) is 5.33. The van der Waals surface area contributed by atoms with Crippen molar-refractivity contribution in [3.8, 4) is 0 Å². The zero-order chi connectivity index (χ0) is 11.7. The Morgan fingerprint density at radius 1 is 1.47 bits per heavy atom. The van der Waals surface area contributed by atoms with Crippen molar-refractivity contribution in [2.75, 3.05) is 39.3 Å². The van der Waals surface area contributed by atoms with Gasteiger partial charge in [-0.25, -0.2) is 0 Å². The topological polar surface area (TPSA) is 53.6 Å². The van der Waals surface area contributed by atoms with Crippen LogP contribution in [-0.4, -0.2) is 62.3 Å². The Kier molecular flexibility index (Phi) is 3.31. The van der Waals surface area contributed by atoms with Gasteiger partial charge in [0.25, 0.3) is 0 Å². The van der Waals surface area contributed by atoms with Gasteiger partial charge in [-0.15, -0.1) is 0 Å². The van der Waals surface area contributed by atoms with Crippen molar-refractivity contribution in [3.63, 3.8) is 0 Å². The van der Waals surface area contributed by atoms with E-state index < -0.39 is 0 Å². The lowest BCUT2D eigenvalue weighted by Gasteiger charge is -2.35. The molecule has 96 valence electrons. The van der Waals surface area contributed by atoms with E-state index in [2.05, 4.69) is 15.5 Å². The molecule has 0 saturated carbocycles. The van der Waals surface area contributed by atoms with Crippen LogP contribution in [0, 0.1) is 5.92 Å². The molecule has 2 atom stereocenters. The molecule has 3 heterocycles. The van der Waals surface area contributed by atoms with Crippen molar-refractivity contribution in [1.82, 2.24) is 15.5 Å². The highest BCUT2D eigenvalue weighted by molar-refractivity contribution is 5.80. The number of morpholine rings is 1. The summed E-state index contributed by atoms with van der Waals surface area (Å²) in [6.07, 6.45) is 2.74. The monoisotopic (exact) mass is 239 g/mol. The number of nitrogens with one attached hydrogen (secondary N) is 2. The van der Waals surface area contributed by atoms with E-state index in [1.54, 1.807) is 0 Å². The third-order valence-corrected chi connectivity index (χ3v) is 4.12. The SMILES string of the molecule is O=C(NCC1CN2CCCC2CO1)C1CNC1. The zero-order valence-corrected chi connectivity index (χ0v) is 10.2. The number of hydrogen-bond acceptors (Lipinski definition) is 4. The Labute approximate surface area is 102 Å². The molecule has 0 spiro atoms. The summed E-state index contributed by atoms with van der Waals surface area (Å²) in [5, 5.41) is 6.11. The standard InChI is InChI=1S/C12H21N3O2/c16-12(9-4-13-5-9)14-6-11-7-15-3-1-2-10(15)8-17-11/h9-11,13H,1-8H2,(H,14,16). The molecule has 3 aliphatic rings. The van der Waals surface area contributed by atoms with Gasteiger partial charge in [-0.05, 0) is 19.4 Å².